The van der Waals surface area contributed by atoms with E-state index in [1.54, 1.807) is 21.6 Å². The van der Waals surface area contributed by atoms with Crippen LogP contribution >= 0.6 is 21.6 Å². The molecule has 1 amide bonds. The Kier molecular flexibility index (Phi) is 10.4. The van der Waals surface area contributed by atoms with Gasteiger partial charge in [-0.1, -0.05) is 28.2 Å². The molecule has 0 spiro atoms. The predicted molar refractivity (Wildman–Crippen MR) is 76.3 cm³/mol. The maximum absolute atomic E-state index is 10.9. The minimum absolute atomic E-state index is 0.0139. The Labute approximate surface area is 111 Å². The smallest absolute Gasteiger partial charge is 0.216 e. The molecule has 0 unspecified atom stereocenters. The lowest BCUT2D eigenvalue weighted by atomic mass is 10.2. The molecule has 0 aromatic carbocycles. The van der Waals surface area contributed by atoms with E-state index < -0.39 is 0 Å². The molecule has 0 atom stereocenters. The molecule has 98 valence electrons. The van der Waals surface area contributed by atoms with Crippen LogP contribution in [0.15, 0.2) is 12.2 Å². The van der Waals surface area contributed by atoms with Crippen molar-refractivity contribution in [1.29, 1.82) is 0 Å². The maximum atomic E-state index is 10.9. The molecule has 0 aliphatic heterocycles. The molecule has 0 aromatic heterocycles. The SMILES string of the molecule is C=C(CNCCSSCCNC(C)=O)C(C)=O. The Balaban J connectivity index is 3.16. The zero-order valence-electron chi connectivity index (χ0n) is 10.4. The van der Waals surface area contributed by atoms with Crippen LogP contribution in [0.2, 0.25) is 0 Å². The van der Waals surface area contributed by atoms with Gasteiger partial charge in [-0.2, -0.15) is 0 Å². The van der Waals surface area contributed by atoms with E-state index >= 15 is 0 Å². The molecule has 0 radical (unpaired) electrons. The monoisotopic (exact) mass is 276 g/mol. The van der Waals surface area contributed by atoms with Crippen LogP contribution in [0.4, 0.5) is 0 Å². The molecule has 0 bridgehead atoms. The van der Waals surface area contributed by atoms with Gasteiger partial charge in [0.05, 0.1) is 0 Å². The van der Waals surface area contributed by atoms with Gasteiger partial charge >= 0.3 is 0 Å². The lowest BCUT2D eigenvalue weighted by Gasteiger charge is -2.05. The average molecular weight is 276 g/mol. The van der Waals surface area contributed by atoms with Crippen molar-refractivity contribution in [3.8, 4) is 0 Å². The first-order valence-electron chi connectivity index (χ1n) is 5.42. The van der Waals surface area contributed by atoms with Gasteiger partial charge in [0.25, 0.3) is 0 Å². The van der Waals surface area contributed by atoms with Crippen molar-refractivity contribution in [3.63, 3.8) is 0 Å². The van der Waals surface area contributed by atoms with Crippen molar-refractivity contribution < 1.29 is 9.59 Å². The van der Waals surface area contributed by atoms with E-state index in [2.05, 4.69) is 17.2 Å². The summed E-state index contributed by atoms with van der Waals surface area (Å²) in [6.45, 7) is 8.83. The highest BCUT2D eigenvalue weighted by Crippen LogP contribution is 2.19. The van der Waals surface area contributed by atoms with Crippen LogP contribution in [-0.4, -0.2) is 42.8 Å². The Bertz CT molecular complexity index is 270. The number of amides is 1. The number of rotatable bonds is 10. The second-order valence-corrected chi connectivity index (χ2v) is 6.17. The largest absolute Gasteiger partial charge is 0.355 e. The maximum Gasteiger partial charge on any atom is 0.216 e. The molecule has 4 nitrogen and oxygen atoms in total. The van der Waals surface area contributed by atoms with Gasteiger partial charge in [-0.3, -0.25) is 9.59 Å². The molecule has 2 N–H and O–H groups in total. The summed E-state index contributed by atoms with van der Waals surface area (Å²) < 4.78 is 0. The number of nitrogens with one attached hydrogen (secondary N) is 2. The molecule has 0 rings (SSSR count). The van der Waals surface area contributed by atoms with Crippen molar-refractivity contribution in [3.05, 3.63) is 12.2 Å². The average Bonchev–Trinajstić information content (AvgIpc) is 2.25. The Morgan fingerprint density at radius 3 is 2.24 bits per heavy atom. The number of hydrogen-bond donors (Lipinski definition) is 2. The topological polar surface area (TPSA) is 58.2 Å². The summed E-state index contributed by atoms with van der Waals surface area (Å²) in [5, 5.41) is 5.89. The van der Waals surface area contributed by atoms with E-state index in [4.69, 9.17) is 0 Å². The Morgan fingerprint density at radius 1 is 1.12 bits per heavy atom. The van der Waals surface area contributed by atoms with Gasteiger partial charge in [0.15, 0.2) is 5.78 Å². The molecular weight excluding hydrogens is 256 g/mol. The summed E-state index contributed by atoms with van der Waals surface area (Å²) in [7, 11) is 3.49. The van der Waals surface area contributed by atoms with Crippen LogP contribution in [0.25, 0.3) is 0 Å². The molecule has 0 aromatic rings. The third kappa shape index (κ3) is 11.8. The van der Waals surface area contributed by atoms with Gasteiger partial charge < -0.3 is 10.6 Å². The quantitative estimate of drug-likeness (QED) is 0.357. The fourth-order valence-corrected chi connectivity index (χ4v) is 2.72. The summed E-state index contributed by atoms with van der Waals surface area (Å²) in [5.41, 5.74) is 0.619. The van der Waals surface area contributed by atoms with Gasteiger partial charge in [0.2, 0.25) is 5.91 Å². The molecule has 0 saturated heterocycles. The first-order valence-corrected chi connectivity index (χ1v) is 7.91. The van der Waals surface area contributed by atoms with Crippen molar-refractivity contribution in [1.82, 2.24) is 10.6 Å². The van der Waals surface area contributed by atoms with Crippen LogP contribution in [0.1, 0.15) is 13.8 Å². The standard InChI is InChI=1S/C11H20N2O2S2/c1-9(10(2)14)8-12-4-6-16-17-7-5-13-11(3)15/h12H,1,4-8H2,2-3H3,(H,13,15). The van der Waals surface area contributed by atoms with Crippen molar-refractivity contribution in [2.75, 3.05) is 31.1 Å². The number of hydrogen-bond acceptors (Lipinski definition) is 5. The second-order valence-electron chi connectivity index (χ2n) is 3.46. The third-order valence-corrected chi connectivity index (χ3v) is 4.25. The van der Waals surface area contributed by atoms with E-state index in [0.717, 1.165) is 18.1 Å². The van der Waals surface area contributed by atoms with Crippen molar-refractivity contribution in [2.24, 2.45) is 0 Å². The normalized spacial score (nSPS) is 10.0. The molecule has 0 fully saturated rings. The minimum Gasteiger partial charge on any atom is -0.355 e. The van der Waals surface area contributed by atoms with Gasteiger partial charge in [-0.15, -0.1) is 0 Å². The van der Waals surface area contributed by atoms with Crippen LogP contribution in [0.5, 0.6) is 0 Å². The fourth-order valence-electron chi connectivity index (χ4n) is 0.864. The first-order chi connectivity index (χ1) is 8.04. The second kappa shape index (κ2) is 10.7. The molecule has 0 heterocycles. The van der Waals surface area contributed by atoms with Crippen LogP contribution in [0.3, 0.4) is 0 Å². The number of ketones is 1. The summed E-state index contributed by atoms with van der Waals surface area (Å²) in [4.78, 5) is 21.4. The highest BCUT2D eigenvalue weighted by atomic mass is 33.1. The van der Waals surface area contributed by atoms with Gasteiger partial charge in [-0.25, -0.2) is 0 Å². The lowest BCUT2D eigenvalue weighted by Crippen LogP contribution is -2.22. The van der Waals surface area contributed by atoms with E-state index in [9.17, 15) is 9.59 Å². The zero-order chi connectivity index (χ0) is 13.1. The van der Waals surface area contributed by atoms with Gasteiger partial charge in [-0.05, 0) is 6.92 Å². The summed E-state index contributed by atoms with van der Waals surface area (Å²) in [6, 6.07) is 0. The molecule has 6 heteroatoms. The van der Waals surface area contributed by atoms with E-state index in [0.29, 0.717) is 18.7 Å². The predicted octanol–water partition coefficient (Wildman–Crippen LogP) is 1.24. The molecule has 0 aliphatic carbocycles. The summed E-state index contributed by atoms with van der Waals surface area (Å²) in [5.74, 6) is 1.93. The molecule has 0 aliphatic rings. The van der Waals surface area contributed by atoms with Crippen molar-refractivity contribution in [2.45, 2.75) is 13.8 Å². The number of carbonyl (C=O) groups is 2. The molecular formula is C11H20N2O2S2. The Morgan fingerprint density at radius 2 is 1.71 bits per heavy atom. The summed E-state index contributed by atoms with van der Waals surface area (Å²) in [6.07, 6.45) is 0. The van der Waals surface area contributed by atoms with Crippen LogP contribution in [0, 0.1) is 0 Å². The Hall–Kier alpha value is -0.460. The highest BCUT2D eigenvalue weighted by Gasteiger charge is 1.98. The fraction of sp³-hybridized carbons (Fsp3) is 0.636. The van der Waals surface area contributed by atoms with E-state index in [-0.39, 0.29) is 11.7 Å². The lowest BCUT2D eigenvalue weighted by molar-refractivity contribution is -0.118. The van der Waals surface area contributed by atoms with Crippen molar-refractivity contribution >= 4 is 33.3 Å². The molecule has 0 saturated carbocycles. The van der Waals surface area contributed by atoms with Gasteiger partial charge in [0, 0.05) is 43.6 Å². The van der Waals surface area contributed by atoms with Gasteiger partial charge in [0.1, 0.15) is 0 Å². The highest BCUT2D eigenvalue weighted by molar-refractivity contribution is 8.76. The first kappa shape index (κ1) is 16.5. The number of carbonyl (C=O) groups excluding carboxylic acids is 2. The minimum atomic E-state index is 0.0139. The molecule has 17 heavy (non-hydrogen) atoms. The summed E-state index contributed by atoms with van der Waals surface area (Å²) >= 11 is 0. The third-order valence-electron chi connectivity index (χ3n) is 1.84. The zero-order valence-corrected chi connectivity index (χ0v) is 12.0. The van der Waals surface area contributed by atoms with E-state index in [1.807, 2.05) is 0 Å². The van der Waals surface area contributed by atoms with E-state index in [1.165, 1.54) is 13.8 Å². The number of Topliss-reactive ketones (excluding diaryl/α,β-unsaturated/α-hetero) is 1. The van der Waals surface area contributed by atoms with Crippen LogP contribution in [-0.2, 0) is 9.59 Å². The van der Waals surface area contributed by atoms with Crippen LogP contribution < -0.4 is 10.6 Å².